The summed E-state index contributed by atoms with van der Waals surface area (Å²) in [5.74, 6) is -0.386. The summed E-state index contributed by atoms with van der Waals surface area (Å²) in [6, 6.07) is 8.82. The maximum Gasteiger partial charge on any atom is 0.332 e. The van der Waals surface area contributed by atoms with Gasteiger partial charge in [-0.25, -0.2) is 4.79 Å². The second-order valence-corrected chi connectivity index (χ2v) is 6.35. The fourth-order valence-corrected chi connectivity index (χ4v) is 3.44. The first-order valence-electron chi connectivity index (χ1n) is 8.06. The zero-order valence-corrected chi connectivity index (χ0v) is 15.0. The van der Waals surface area contributed by atoms with Crippen molar-refractivity contribution in [2.45, 2.75) is 19.8 Å². The number of Topliss-reactive ketones (excluding diaryl/α,β-unsaturated/α-hetero) is 1. The zero-order chi connectivity index (χ0) is 19.2. The number of aromatic nitrogens is 2. The van der Waals surface area contributed by atoms with Crippen LogP contribution in [0.5, 0.6) is 0 Å². The van der Waals surface area contributed by atoms with Crippen molar-refractivity contribution < 1.29 is 4.79 Å². The van der Waals surface area contributed by atoms with Crippen LogP contribution in [0.15, 0.2) is 45.1 Å². The molecular formula is C19H18N4O3. The molecule has 2 aromatic rings. The Kier molecular flexibility index (Phi) is 4.12. The number of hydrogen-bond donors (Lipinski definition) is 1. The molecule has 2 heterocycles. The largest absolute Gasteiger partial charge is 0.344 e. The van der Waals surface area contributed by atoms with E-state index in [2.05, 4.69) is 11.4 Å². The highest BCUT2D eigenvalue weighted by Gasteiger charge is 2.35. The van der Waals surface area contributed by atoms with Gasteiger partial charge < -0.3 is 5.32 Å². The van der Waals surface area contributed by atoms with Crippen LogP contribution in [0, 0.1) is 11.3 Å². The van der Waals surface area contributed by atoms with E-state index in [0.29, 0.717) is 33.8 Å². The summed E-state index contributed by atoms with van der Waals surface area (Å²) in [5, 5.41) is 12.1. The highest BCUT2D eigenvalue weighted by Crippen LogP contribution is 2.39. The Balaban J connectivity index is 2.40. The third kappa shape index (κ3) is 2.47. The van der Waals surface area contributed by atoms with Crippen molar-refractivity contribution in [2.24, 2.45) is 14.1 Å². The van der Waals surface area contributed by atoms with Crippen LogP contribution in [0.2, 0.25) is 0 Å². The number of nitrogens with one attached hydrogen (secondary N) is 1. The molecule has 1 aromatic carbocycles. The number of anilines is 1. The fraction of sp³-hybridized carbons (Fsp3) is 0.263. The standard InChI is InChI=1S/C19H18N4O3/c1-10-14(11(2)24)15(13-7-5-12(9-20)6-8-13)16-17(21-10)22(3)19(26)23(4)18(16)25/h5-8,15,21H,1-4H3. The van der Waals surface area contributed by atoms with E-state index in [-0.39, 0.29) is 5.78 Å². The third-order valence-electron chi connectivity index (χ3n) is 4.74. The van der Waals surface area contributed by atoms with Gasteiger partial charge in [0.1, 0.15) is 5.82 Å². The fourth-order valence-electron chi connectivity index (χ4n) is 3.44. The van der Waals surface area contributed by atoms with Gasteiger partial charge in [-0.2, -0.15) is 5.26 Å². The van der Waals surface area contributed by atoms with Crippen molar-refractivity contribution in [3.8, 4) is 6.07 Å². The molecule has 1 unspecified atom stereocenters. The lowest BCUT2D eigenvalue weighted by Gasteiger charge is -2.30. The van der Waals surface area contributed by atoms with Crippen LogP contribution < -0.4 is 16.6 Å². The minimum absolute atomic E-state index is 0.161. The summed E-state index contributed by atoms with van der Waals surface area (Å²) in [4.78, 5) is 37.5. The summed E-state index contributed by atoms with van der Waals surface area (Å²) in [6.07, 6.45) is 0. The molecule has 0 saturated heterocycles. The molecule has 7 nitrogen and oxygen atoms in total. The van der Waals surface area contributed by atoms with E-state index in [4.69, 9.17) is 5.26 Å². The van der Waals surface area contributed by atoms with Gasteiger partial charge in [0.15, 0.2) is 5.78 Å². The quantitative estimate of drug-likeness (QED) is 0.882. The molecular weight excluding hydrogens is 332 g/mol. The van der Waals surface area contributed by atoms with E-state index in [0.717, 1.165) is 4.57 Å². The summed E-state index contributed by atoms with van der Waals surface area (Å²) in [7, 11) is 2.99. The van der Waals surface area contributed by atoms with Crippen LogP contribution in [0.3, 0.4) is 0 Å². The van der Waals surface area contributed by atoms with Crippen molar-refractivity contribution in [2.75, 3.05) is 5.32 Å². The van der Waals surface area contributed by atoms with Crippen LogP contribution in [-0.4, -0.2) is 14.9 Å². The molecule has 1 aliphatic heterocycles. The van der Waals surface area contributed by atoms with Gasteiger partial charge in [-0.05, 0) is 31.5 Å². The van der Waals surface area contributed by atoms with E-state index in [1.807, 2.05) is 0 Å². The van der Waals surface area contributed by atoms with Gasteiger partial charge in [0.05, 0.1) is 17.2 Å². The minimum atomic E-state index is -0.609. The van der Waals surface area contributed by atoms with Crippen molar-refractivity contribution in [1.29, 1.82) is 5.26 Å². The molecule has 132 valence electrons. The second kappa shape index (κ2) is 6.15. The van der Waals surface area contributed by atoms with E-state index >= 15 is 0 Å². The number of hydrogen-bond acceptors (Lipinski definition) is 5. The van der Waals surface area contributed by atoms with Gasteiger partial charge in [-0.15, -0.1) is 0 Å². The number of allylic oxidation sites excluding steroid dienone is 2. The Morgan fingerprint density at radius 2 is 1.77 bits per heavy atom. The van der Waals surface area contributed by atoms with Crippen LogP contribution >= 0.6 is 0 Å². The summed E-state index contributed by atoms with van der Waals surface area (Å²) in [5.41, 5.74) is 1.72. The Bertz CT molecular complexity index is 1110. The van der Waals surface area contributed by atoms with Gasteiger partial charge in [0.25, 0.3) is 5.56 Å². The van der Waals surface area contributed by atoms with Gasteiger partial charge in [0, 0.05) is 31.3 Å². The molecule has 0 fully saturated rings. The number of ketones is 1. The number of carbonyl (C=O) groups is 1. The lowest BCUT2D eigenvalue weighted by atomic mass is 9.80. The molecule has 1 atom stereocenters. The van der Waals surface area contributed by atoms with Crippen LogP contribution in [0.25, 0.3) is 0 Å². The first-order valence-corrected chi connectivity index (χ1v) is 8.06. The number of nitrogens with zero attached hydrogens (tertiary/aromatic N) is 3. The van der Waals surface area contributed by atoms with Gasteiger partial charge in [-0.3, -0.25) is 18.7 Å². The molecule has 1 aliphatic rings. The number of fused-ring (bicyclic) bond motifs is 1. The Hall–Kier alpha value is -3.40. The number of carbonyl (C=O) groups excluding carboxylic acids is 1. The monoisotopic (exact) mass is 350 g/mol. The second-order valence-electron chi connectivity index (χ2n) is 6.35. The molecule has 0 radical (unpaired) electrons. The molecule has 7 heteroatoms. The van der Waals surface area contributed by atoms with Crippen LogP contribution in [0.4, 0.5) is 5.82 Å². The predicted molar refractivity (Wildman–Crippen MR) is 96.9 cm³/mol. The number of nitriles is 1. The summed E-state index contributed by atoms with van der Waals surface area (Å²) < 4.78 is 2.41. The van der Waals surface area contributed by atoms with Crippen molar-refractivity contribution in [1.82, 2.24) is 9.13 Å². The molecule has 0 saturated carbocycles. The lowest BCUT2D eigenvalue weighted by Crippen LogP contribution is -2.43. The normalized spacial score (nSPS) is 15.9. The van der Waals surface area contributed by atoms with Gasteiger partial charge in [0.2, 0.25) is 0 Å². The van der Waals surface area contributed by atoms with E-state index < -0.39 is 17.2 Å². The Morgan fingerprint density at radius 1 is 1.15 bits per heavy atom. The molecule has 0 amide bonds. The average Bonchev–Trinajstić information content (AvgIpc) is 2.63. The predicted octanol–water partition coefficient (Wildman–Crippen LogP) is 1.38. The van der Waals surface area contributed by atoms with Crippen LogP contribution in [-0.2, 0) is 18.9 Å². The molecule has 26 heavy (non-hydrogen) atoms. The maximum atomic E-state index is 12.9. The highest BCUT2D eigenvalue weighted by molar-refractivity contribution is 5.98. The lowest BCUT2D eigenvalue weighted by molar-refractivity contribution is -0.113. The zero-order valence-electron chi connectivity index (χ0n) is 15.0. The Morgan fingerprint density at radius 3 is 2.31 bits per heavy atom. The molecule has 3 rings (SSSR count). The van der Waals surface area contributed by atoms with Crippen LogP contribution in [0.1, 0.15) is 36.5 Å². The average molecular weight is 350 g/mol. The smallest absolute Gasteiger partial charge is 0.332 e. The summed E-state index contributed by atoms with van der Waals surface area (Å²) >= 11 is 0. The van der Waals surface area contributed by atoms with E-state index in [1.165, 1.54) is 18.5 Å². The third-order valence-corrected chi connectivity index (χ3v) is 4.74. The van der Waals surface area contributed by atoms with Crippen molar-refractivity contribution >= 4 is 11.6 Å². The molecule has 0 spiro atoms. The van der Waals surface area contributed by atoms with E-state index in [1.54, 1.807) is 38.2 Å². The van der Waals surface area contributed by atoms with E-state index in [9.17, 15) is 14.4 Å². The molecule has 1 aromatic heterocycles. The van der Waals surface area contributed by atoms with Gasteiger partial charge in [-0.1, -0.05) is 12.1 Å². The minimum Gasteiger partial charge on any atom is -0.344 e. The first kappa shape index (κ1) is 17.4. The number of benzene rings is 1. The summed E-state index contributed by atoms with van der Waals surface area (Å²) in [6.45, 7) is 3.20. The molecule has 0 bridgehead atoms. The van der Waals surface area contributed by atoms with Gasteiger partial charge >= 0.3 is 5.69 Å². The first-order chi connectivity index (χ1) is 12.3. The molecule has 1 N–H and O–H groups in total. The SMILES string of the molecule is CC(=O)C1=C(C)Nc2c(c(=O)n(C)c(=O)n2C)C1c1ccc(C#N)cc1. The topological polar surface area (TPSA) is 96.9 Å². The maximum absolute atomic E-state index is 12.9. The van der Waals surface area contributed by atoms with Crippen molar-refractivity contribution in [3.05, 3.63) is 73.1 Å². The highest BCUT2D eigenvalue weighted by atomic mass is 16.2. The Labute approximate surface area is 149 Å². The van der Waals surface area contributed by atoms with Crippen molar-refractivity contribution in [3.63, 3.8) is 0 Å². The number of rotatable bonds is 2. The molecule has 0 aliphatic carbocycles.